The van der Waals surface area contributed by atoms with Gasteiger partial charge < -0.3 is 10.3 Å². The molecule has 76 valence electrons. The van der Waals surface area contributed by atoms with Crippen molar-refractivity contribution in [2.45, 2.75) is 19.3 Å². The summed E-state index contributed by atoms with van der Waals surface area (Å²) in [6, 6.07) is 10.6. The normalized spacial score (nSPS) is 27.5. The minimum absolute atomic E-state index is 0.453. The van der Waals surface area contributed by atoms with Crippen molar-refractivity contribution < 1.29 is 5.06 Å². The Bertz CT molecular complexity index is 265. The molecule has 1 aliphatic heterocycles. The first-order valence-corrected chi connectivity index (χ1v) is 5.40. The molecule has 0 saturated carbocycles. The Hall–Kier alpha value is -0.860. The van der Waals surface area contributed by atoms with Crippen molar-refractivity contribution in [1.29, 1.82) is 0 Å². The highest BCUT2D eigenvalue weighted by Gasteiger charge is 2.17. The molecule has 0 unspecified atom stereocenters. The van der Waals surface area contributed by atoms with Crippen molar-refractivity contribution in [1.82, 2.24) is 0 Å². The van der Waals surface area contributed by atoms with E-state index in [1.807, 2.05) is 6.07 Å². The van der Waals surface area contributed by atoms with E-state index < -0.39 is 0 Å². The highest BCUT2D eigenvalue weighted by atomic mass is 16.5. The number of piperidine rings is 1. The van der Waals surface area contributed by atoms with E-state index >= 15 is 0 Å². The van der Waals surface area contributed by atoms with E-state index in [9.17, 15) is 5.21 Å². The highest BCUT2D eigenvalue weighted by Crippen LogP contribution is 2.16. The van der Waals surface area contributed by atoms with E-state index in [0.29, 0.717) is 5.06 Å². The number of hydrogen-bond donors (Lipinski definition) is 1. The minimum atomic E-state index is 0.453. The summed E-state index contributed by atoms with van der Waals surface area (Å²) in [5, 5.41) is 11.5. The first-order valence-electron chi connectivity index (χ1n) is 5.40. The van der Waals surface area contributed by atoms with E-state index in [0.717, 1.165) is 38.3 Å². The summed E-state index contributed by atoms with van der Waals surface area (Å²) in [5.41, 5.74) is 1.41. The molecular weight excluding hydrogens is 174 g/mol. The van der Waals surface area contributed by atoms with Crippen LogP contribution in [-0.2, 0) is 6.42 Å². The summed E-state index contributed by atoms with van der Waals surface area (Å²) < 4.78 is 0. The number of quaternary nitrogens is 1. The molecule has 0 amide bonds. The third kappa shape index (κ3) is 2.56. The zero-order valence-corrected chi connectivity index (χ0v) is 8.41. The molecule has 1 N–H and O–H groups in total. The molecule has 1 aromatic carbocycles. The minimum Gasteiger partial charge on any atom is -0.634 e. The topological polar surface area (TPSA) is 27.5 Å². The molecule has 14 heavy (non-hydrogen) atoms. The van der Waals surface area contributed by atoms with Crippen molar-refractivity contribution in [3.8, 4) is 0 Å². The molecule has 0 atom stereocenters. The van der Waals surface area contributed by atoms with E-state index in [-0.39, 0.29) is 0 Å². The van der Waals surface area contributed by atoms with Crippen LogP contribution in [0.1, 0.15) is 18.4 Å². The average Bonchev–Trinajstić information content (AvgIpc) is 2.23. The molecule has 1 aromatic rings. The smallest absolute Gasteiger partial charge is 0.0771 e. The second kappa shape index (κ2) is 4.58. The van der Waals surface area contributed by atoms with Gasteiger partial charge in [-0.3, -0.25) is 0 Å². The van der Waals surface area contributed by atoms with Gasteiger partial charge in [0.1, 0.15) is 0 Å². The van der Waals surface area contributed by atoms with Gasteiger partial charge in [-0.2, -0.15) is 0 Å². The number of benzene rings is 1. The van der Waals surface area contributed by atoms with Gasteiger partial charge in [0.15, 0.2) is 0 Å². The summed E-state index contributed by atoms with van der Waals surface area (Å²) >= 11 is 0. The predicted molar refractivity (Wildman–Crippen MR) is 56.9 cm³/mol. The molecule has 2 heteroatoms. The fourth-order valence-corrected chi connectivity index (χ4v) is 2.15. The van der Waals surface area contributed by atoms with Crippen LogP contribution in [-0.4, -0.2) is 13.1 Å². The summed E-state index contributed by atoms with van der Waals surface area (Å²) in [7, 11) is 0. The van der Waals surface area contributed by atoms with Crippen molar-refractivity contribution in [2.24, 2.45) is 5.92 Å². The lowest BCUT2D eigenvalue weighted by atomic mass is 9.91. The first kappa shape index (κ1) is 9.69. The largest absolute Gasteiger partial charge is 0.634 e. The van der Waals surface area contributed by atoms with Crippen LogP contribution in [0.25, 0.3) is 0 Å². The maximum absolute atomic E-state index is 11.1. The van der Waals surface area contributed by atoms with Gasteiger partial charge >= 0.3 is 0 Å². The van der Waals surface area contributed by atoms with Gasteiger partial charge in [0.2, 0.25) is 0 Å². The Morgan fingerprint density at radius 1 is 1.14 bits per heavy atom. The molecule has 1 fully saturated rings. The quantitative estimate of drug-likeness (QED) is 0.694. The van der Waals surface area contributed by atoms with Crippen molar-refractivity contribution in [2.75, 3.05) is 13.1 Å². The highest BCUT2D eigenvalue weighted by molar-refractivity contribution is 5.15. The van der Waals surface area contributed by atoms with Gasteiger partial charge in [-0.05, 0) is 17.9 Å². The molecule has 1 heterocycles. The SMILES string of the molecule is [O-][NH+]1CCC(Cc2ccccc2)CC1. The zero-order valence-electron chi connectivity index (χ0n) is 8.41. The number of rotatable bonds is 2. The average molecular weight is 191 g/mol. The Balaban J connectivity index is 1.87. The summed E-state index contributed by atoms with van der Waals surface area (Å²) in [6.45, 7) is 1.61. The van der Waals surface area contributed by atoms with Gasteiger partial charge in [-0.25, -0.2) is 0 Å². The predicted octanol–water partition coefficient (Wildman–Crippen LogP) is 1.02. The van der Waals surface area contributed by atoms with Crippen LogP contribution < -0.4 is 5.06 Å². The summed E-state index contributed by atoms with van der Waals surface area (Å²) in [6.07, 6.45) is 3.33. The number of hydrogen-bond acceptors (Lipinski definition) is 1. The van der Waals surface area contributed by atoms with Gasteiger partial charge in [0.25, 0.3) is 0 Å². The summed E-state index contributed by atoms with van der Waals surface area (Å²) in [5.74, 6) is 0.732. The molecule has 1 saturated heterocycles. The van der Waals surface area contributed by atoms with Gasteiger partial charge in [0, 0.05) is 12.8 Å². The molecule has 2 nitrogen and oxygen atoms in total. The first-order chi connectivity index (χ1) is 6.84. The maximum Gasteiger partial charge on any atom is 0.0771 e. The van der Waals surface area contributed by atoms with E-state index in [1.165, 1.54) is 5.56 Å². The molecule has 0 aliphatic carbocycles. The van der Waals surface area contributed by atoms with Crippen LogP contribution in [0.2, 0.25) is 0 Å². The Morgan fingerprint density at radius 2 is 1.79 bits per heavy atom. The van der Waals surface area contributed by atoms with Gasteiger partial charge in [-0.15, -0.1) is 0 Å². The maximum atomic E-state index is 11.1. The van der Waals surface area contributed by atoms with E-state index in [2.05, 4.69) is 24.3 Å². The van der Waals surface area contributed by atoms with E-state index in [4.69, 9.17) is 0 Å². The second-order valence-corrected chi connectivity index (χ2v) is 4.17. The molecule has 0 bridgehead atoms. The molecule has 0 radical (unpaired) electrons. The molecule has 0 aromatic heterocycles. The molecular formula is C12H17NO. The molecule has 0 spiro atoms. The standard InChI is InChI=1S/C12H17NO/c14-13-8-6-12(7-9-13)10-11-4-2-1-3-5-11/h1-5,12-13H,6-10H2. The van der Waals surface area contributed by atoms with Crippen molar-refractivity contribution in [3.63, 3.8) is 0 Å². The van der Waals surface area contributed by atoms with Crippen LogP contribution in [0.3, 0.4) is 0 Å². The third-order valence-electron chi connectivity index (χ3n) is 3.03. The Morgan fingerprint density at radius 3 is 2.43 bits per heavy atom. The molecule has 1 aliphatic rings. The fourth-order valence-electron chi connectivity index (χ4n) is 2.15. The lowest BCUT2D eigenvalue weighted by molar-refractivity contribution is -0.854. The van der Waals surface area contributed by atoms with Crippen molar-refractivity contribution in [3.05, 3.63) is 41.1 Å². The van der Waals surface area contributed by atoms with Crippen LogP contribution in [0.4, 0.5) is 0 Å². The van der Waals surface area contributed by atoms with Crippen LogP contribution in [0.15, 0.2) is 30.3 Å². The third-order valence-corrected chi connectivity index (χ3v) is 3.03. The number of hydroxylamine groups is 2. The lowest BCUT2D eigenvalue weighted by Crippen LogP contribution is -3.08. The Kier molecular flexibility index (Phi) is 3.17. The molecule has 2 rings (SSSR count). The van der Waals surface area contributed by atoms with Gasteiger partial charge in [-0.1, -0.05) is 30.3 Å². The summed E-state index contributed by atoms with van der Waals surface area (Å²) in [4.78, 5) is 0. The zero-order chi connectivity index (χ0) is 9.80. The van der Waals surface area contributed by atoms with Crippen molar-refractivity contribution >= 4 is 0 Å². The fraction of sp³-hybridized carbons (Fsp3) is 0.500. The van der Waals surface area contributed by atoms with Gasteiger partial charge in [0.05, 0.1) is 13.1 Å². The van der Waals surface area contributed by atoms with Crippen LogP contribution >= 0.6 is 0 Å². The number of nitrogens with one attached hydrogen (secondary N) is 1. The second-order valence-electron chi connectivity index (χ2n) is 4.17. The Labute approximate surface area is 85.1 Å². The van der Waals surface area contributed by atoms with Crippen LogP contribution in [0.5, 0.6) is 0 Å². The monoisotopic (exact) mass is 191 g/mol. The lowest BCUT2D eigenvalue weighted by Gasteiger charge is -2.31. The van der Waals surface area contributed by atoms with Crippen LogP contribution in [0, 0.1) is 11.1 Å². The van der Waals surface area contributed by atoms with E-state index in [1.54, 1.807) is 0 Å².